The summed E-state index contributed by atoms with van der Waals surface area (Å²) in [5, 5.41) is 3.46. The Labute approximate surface area is 158 Å². The molecule has 2 aromatic carbocycles. The SMILES string of the molecule is COCc1ccc(Br)cc1CC(C)c1ccccc1C1=NCCCN1. The summed E-state index contributed by atoms with van der Waals surface area (Å²) >= 11 is 3.60. The van der Waals surface area contributed by atoms with Gasteiger partial charge in [-0.1, -0.05) is 53.2 Å². The number of nitrogens with zero attached hydrogens (tertiary/aromatic N) is 1. The molecule has 4 heteroatoms. The highest BCUT2D eigenvalue weighted by atomic mass is 79.9. The van der Waals surface area contributed by atoms with Crippen LogP contribution < -0.4 is 5.32 Å². The molecule has 1 heterocycles. The first-order valence-electron chi connectivity index (χ1n) is 8.83. The van der Waals surface area contributed by atoms with E-state index in [0.717, 1.165) is 36.2 Å². The summed E-state index contributed by atoms with van der Waals surface area (Å²) in [6.45, 7) is 4.85. The van der Waals surface area contributed by atoms with Crippen LogP contribution >= 0.6 is 15.9 Å². The zero-order valence-electron chi connectivity index (χ0n) is 14.9. The quantitative estimate of drug-likeness (QED) is 0.763. The van der Waals surface area contributed by atoms with Gasteiger partial charge in [0.2, 0.25) is 0 Å². The van der Waals surface area contributed by atoms with E-state index in [2.05, 4.69) is 75.6 Å². The van der Waals surface area contributed by atoms with E-state index in [1.165, 1.54) is 22.3 Å². The van der Waals surface area contributed by atoms with E-state index < -0.39 is 0 Å². The number of halogens is 1. The van der Waals surface area contributed by atoms with Crippen molar-refractivity contribution in [2.75, 3.05) is 20.2 Å². The van der Waals surface area contributed by atoms with Gasteiger partial charge in [0.1, 0.15) is 5.84 Å². The predicted molar refractivity (Wildman–Crippen MR) is 107 cm³/mol. The highest BCUT2D eigenvalue weighted by Gasteiger charge is 2.17. The molecule has 25 heavy (non-hydrogen) atoms. The molecule has 0 radical (unpaired) electrons. The van der Waals surface area contributed by atoms with Crippen molar-refractivity contribution in [3.8, 4) is 0 Å². The maximum atomic E-state index is 5.37. The molecule has 1 atom stereocenters. The highest BCUT2D eigenvalue weighted by molar-refractivity contribution is 9.10. The van der Waals surface area contributed by atoms with Crippen LogP contribution in [0.1, 0.15) is 41.5 Å². The topological polar surface area (TPSA) is 33.6 Å². The monoisotopic (exact) mass is 400 g/mol. The fourth-order valence-electron chi connectivity index (χ4n) is 3.38. The van der Waals surface area contributed by atoms with Gasteiger partial charge in [0.15, 0.2) is 0 Å². The van der Waals surface area contributed by atoms with E-state index in [1.54, 1.807) is 7.11 Å². The summed E-state index contributed by atoms with van der Waals surface area (Å²) < 4.78 is 6.48. The second-order valence-corrected chi connectivity index (χ2v) is 7.46. The van der Waals surface area contributed by atoms with Crippen LogP contribution in [-0.2, 0) is 17.8 Å². The van der Waals surface area contributed by atoms with Gasteiger partial charge in [-0.05, 0) is 47.6 Å². The van der Waals surface area contributed by atoms with E-state index in [0.29, 0.717) is 12.5 Å². The number of aliphatic imine (C=N–C) groups is 1. The molecule has 1 aliphatic heterocycles. The van der Waals surface area contributed by atoms with Crippen LogP contribution in [-0.4, -0.2) is 26.0 Å². The first-order valence-corrected chi connectivity index (χ1v) is 9.62. The number of hydrogen-bond donors (Lipinski definition) is 1. The van der Waals surface area contributed by atoms with Gasteiger partial charge in [0.25, 0.3) is 0 Å². The third-order valence-electron chi connectivity index (χ3n) is 4.64. The largest absolute Gasteiger partial charge is 0.380 e. The Kier molecular flexibility index (Phi) is 6.27. The summed E-state index contributed by atoms with van der Waals surface area (Å²) in [7, 11) is 1.75. The maximum Gasteiger partial charge on any atom is 0.128 e. The normalized spacial score (nSPS) is 15.4. The first kappa shape index (κ1) is 18.2. The third-order valence-corrected chi connectivity index (χ3v) is 5.13. The maximum absolute atomic E-state index is 5.37. The van der Waals surface area contributed by atoms with Gasteiger partial charge in [-0.2, -0.15) is 0 Å². The van der Waals surface area contributed by atoms with Crippen LogP contribution in [0.15, 0.2) is 51.9 Å². The van der Waals surface area contributed by atoms with Crippen molar-refractivity contribution >= 4 is 21.8 Å². The van der Waals surface area contributed by atoms with Crippen molar-refractivity contribution in [2.45, 2.75) is 32.3 Å². The second-order valence-electron chi connectivity index (χ2n) is 6.55. The summed E-state index contributed by atoms with van der Waals surface area (Å²) in [5.41, 5.74) is 5.16. The fourth-order valence-corrected chi connectivity index (χ4v) is 3.78. The number of amidine groups is 1. The highest BCUT2D eigenvalue weighted by Crippen LogP contribution is 2.28. The lowest BCUT2D eigenvalue weighted by Crippen LogP contribution is -2.31. The Balaban J connectivity index is 1.88. The lowest BCUT2D eigenvalue weighted by molar-refractivity contribution is 0.184. The first-order chi connectivity index (χ1) is 12.2. The smallest absolute Gasteiger partial charge is 0.128 e. The summed E-state index contributed by atoms with van der Waals surface area (Å²) in [6, 6.07) is 15.1. The van der Waals surface area contributed by atoms with Crippen molar-refractivity contribution in [1.82, 2.24) is 5.32 Å². The van der Waals surface area contributed by atoms with Gasteiger partial charge in [-0.25, -0.2) is 0 Å². The van der Waals surface area contributed by atoms with Crippen LogP contribution in [0.2, 0.25) is 0 Å². The van der Waals surface area contributed by atoms with Crippen LogP contribution in [0.25, 0.3) is 0 Å². The molecular formula is C21H25BrN2O. The Morgan fingerprint density at radius 3 is 2.80 bits per heavy atom. The molecule has 0 bridgehead atoms. The second kappa shape index (κ2) is 8.63. The minimum atomic E-state index is 0.396. The number of ether oxygens (including phenoxy) is 1. The molecule has 0 saturated carbocycles. The van der Waals surface area contributed by atoms with E-state index in [-0.39, 0.29) is 0 Å². The van der Waals surface area contributed by atoms with E-state index in [4.69, 9.17) is 4.74 Å². The van der Waals surface area contributed by atoms with Gasteiger partial charge < -0.3 is 10.1 Å². The number of methoxy groups -OCH3 is 1. The standard InChI is InChI=1S/C21H25BrN2O/c1-15(12-17-13-18(22)9-8-16(17)14-25-2)19-6-3-4-7-20(19)21-23-10-5-11-24-21/h3-4,6-9,13,15H,5,10-12,14H2,1-2H3,(H,23,24). The van der Waals surface area contributed by atoms with Crippen molar-refractivity contribution < 1.29 is 4.74 Å². The van der Waals surface area contributed by atoms with Gasteiger partial charge in [0, 0.05) is 30.2 Å². The summed E-state index contributed by atoms with van der Waals surface area (Å²) in [6.07, 6.45) is 2.09. The molecule has 132 valence electrons. The number of rotatable bonds is 6. The molecule has 3 nitrogen and oxygen atoms in total. The number of benzene rings is 2. The van der Waals surface area contributed by atoms with Crippen molar-refractivity contribution in [3.05, 3.63) is 69.2 Å². The molecule has 0 fully saturated rings. The molecule has 2 aromatic rings. The van der Waals surface area contributed by atoms with Gasteiger partial charge in [-0.3, -0.25) is 4.99 Å². The van der Waals surface area contributed by atoms with E-state index in [1.807, 2.05) is 0 Å². The Morgan fingerprint density at radius 2 is 2.04 bits per heavy atom. The molecule has 0 aromatic heterocycles. The molecule has 1 unspecified atom stereocenters. The molecule has 0 spiro atoms. The van der Waals surface area contributed by atoms with E-state index >= 15 is 0 Å². The van der Waals surface area contributed by atoms with Crippen molar-refractivity contribution in [1.29, 1.82) is 0 Å². The molecule has 0 saturated heterocycles. The molecule has 1 aliphatic rings. The molecular weight excluding hydrogens is 376 g/mol. The zero-order chi connectivity index (χ0) is 17.6. The lowest BCUT2D eigenvalue weighted by atomic mass is 9.88. The third kappa shape index (κ3) is 4.50. The Morgan fingerprint density at radius 1 is 1.20 bits per heavy atom. The van der Waals surface area contributed by atoms with Crippen LogP contribution in [0, 0.1) is 0 Å². The van der Waals surface area contributed by atoms with Crippen LogP contribution in [0.3, 0.4) is 0 Å². The predicted octanol–water partition coefficient (Wildman–Crippen LogP) is 4.68. The van der Waals surface area contributed by atoms with Gasteiger partial charge in [0.05, 0.1) is 6.61 Å². The van der Waals surface area contributed by atoms with E-state index in [9.17, 15) is 0 Å². The van der Waals surface area contributed by atoms with Gasteiger partial charge >= 0.3 is 0 Å². The number of nitrogens with one attached hydrogen (secondary N) is 1. The molecule has 3 rings (SSSR count). The minimum Gasteiger partial charge on any atom is -0.380 e. The lowest BCUT2D eigenvalue weighted by Gasteiger charge is -2.21. The molecule has 0 aliphatic carbocycles. The van der Waals surface area contributed by atoms with Crippen LogP contribution in [0.4, 0.5) is 0 Å². The summed E-state index contributed by atoms with van der Waals surface area (Å²) in [5.74, 6) is 1.44. The van der Waals surface area contributed by atoms with Crippen molar-refractivity contribution in [3.63, 3.8) is 0 Å². The Bertz CT molecular complexity index is 757. The molecule has 0 amide bonds. The summed E-state index contributed by atoms with van der Waals surface area (Å²) in [4.78, 5) is 4.69. The molecule has 1 N–H and O–H groups in total. The average Bonchev–Trinajstić information content (AvgIpc) is 2.65. The van der Waals surface area contributed by atoms with Crippen LogP contribution in [0.5, 0.6) is 0 Å². The van der Waals surface area contributed by atoms with Crippen molar-refractivity contribution in [2.24, 2.45) is 4.99 Å². The average molecular weight is 401 g/mol. The number of hydrogen-bond acceptors (Lipinski definition) is 3. The minimum absolute atomic E-state index is 0.396. The van der Waals surface area contributed by atoms with Gasteiger partial charge in [-0.15, -0.1) is 0 Å². The fraction of sp³-hybridized carbons (Fsp3) is 0.381. The Hall–Kier alpha value is -1.65. The zero-order valence-corrected chi connectivity index (χ0v) is 16.5.